The number of thiazole rings is 1. The summed E-state index contributed by atoms with van der Waals surface area (Å²) >= 11 is 11.0. The minimum atomic E-state index is 0.543. The van der Waals surface area contributed by atoms with Crippen LogP contribution in [0.25, 0.3) is 20.8 Å². The summed E-state index contributed by atoms with van der Waals surface area (Å²) in [5, 5.41) is 1.05. The molecule has 0 unspecified atom stereocenters. The normalized spacial score (nSPS) is 11.0. The van der Waals surface area contributed by atoms with Crippen LogP contribution in [-0.2, 0) is 5.88 Å². The van der Waals surface area contributed by atoms with Gasteiger partial charge in [0.1, 0.15) is 5.01 Å². The molecular weight excluding hydrogens is 330 g/mol. The number of hydrogen-bond acceptors (Lipinski definition) is 2. The van der Waals surface area contributed by atoms with Gasteiger partial charge in [-0.25, -0.2) is 4.98 Å². The molecule has 18 heavy (non-hydrogen) atoms. The molecule has 2 aromatic carbocycles. The summed E-state index contributed by atoms with van der Waals surface area (Å²) in [7, 11) is 0. The largest absolute Gasteiger partial charge is 0.236 e. The van der Waals surface area contributed by atoms with E-state index in [2.05, 4.69) is 39.1 Å². The predicted octanol–water partition coefficient (Wildman–Crippen LogP) is 5.46. The Bertz CT molecular complexity index is 691. The van der Waals surface area contributed by atoms with Crippen LogP contribution in [0.4, 0.5) is 0 Å². The van der Waals surface area contributed by atoms with Crippen molar-refractivity contribution in [3.63, 3.8) is 0 Å². The zero-order chi connectivity index (χ0) is 12.5. The molecule has 4 heteroatoms. The Morgan fingerprint density at radius 3 is 2.61 bits per heavy atom. The van der Waals surface area contributed by atoms with Gasteiger partial charge in [0.15, 0.2) is 0 Å². The SMILES string of the molecule is ClCc1ccc2nc(-c3ccc(Br)cc3)sc2c1. The molecule has 1 aromatic heterocycles. The lowest BCUT2D eigenvalue weighted by Crippen LogP contribution is -1.76. The lowest BCUT2D eigenvalue weighted by Gasteiger charge is -1.94. The summed E-state index contributed by atoms with van der Waals surface area (Å²) in [5.74, 6) is 0.543. The number of alkyl halides is 1. The summed E-state index contributed by atoms with van der Waals surface area (Å²) in [6, 6.07) is 14.4. The van der Waals surface area contributed by atoms with Crippen LogP contribution in [0.3, 0.4) is 0 Å². The molecule has 0 aliphatic carbocycles. The summed E-state index contributed by atoms with van der Waals surface area (Å²) < 4.78 is 2.27. The average Bonchev–Trinajstić information content (AvgIpc) is 2.82. The van der Waals surface area contributed by atoms with Gasteiger partial charge in [-0.15, -0.1) is 22.9 Å². The van der Waals surface area contributed by atoms with Gasteiger partial charge in [0.25, 0.3) is 0 Å². The smallest absolute Gasteiger partial charge is 0.124 e. The van der Waals surface area contributed by atoms with E-state index in [-0.39, 0.29) is 0 Å². The minimum Gasteiger partial charge on any atom is -0.236 e. The molecule has 90 valence electrons. The van der Waals surface area contributed by atoms with E-state index in [1.165, 1.54) is 4.70 Å². The van der Waals surface area contributed by atoms with Crippen molar-refractivity contribution < 1.29 is 0 Å². The highest BCUT2D eigenvalue weighted by Crippen LogP contribution is 2.31. The van der Waals surface area contributed by atoms with Crippen molar-refractivity contribution >= 4 is 49.1 Å². The van der Waals surface area contributed by atoms with Gasteiger partial charge >= 0.3 is 0 Å². The van der Waals surface area contributed by atoms with Crippen molar-refractivity contribution in [3.05, 3.63) is 52.5 Å². The molecule has 0 aliphatic rings. The monoisotopic (exact) mass is 337 g/mol. The van der Waals surface area contributed by atoms with Gasteiger partial charge < -0.3 is 0 Å². The third kappa shape index (κ3) is 2.30. The molecule has 0 fully saturated rings. The first-order chi connectivity index (χ1) is 8.76. The first-order valence-corrected chi connectivity index (χ1v) is 7.62. The van der Waals surface area contributed by atoms with Gasteiger partial charge in [0, 0.05) is 15.9 Å². The Hall–Kier alpha value is -0.900. The minimum absolute atomic E-state index is 0.543. The Kier molecular flexibility index (Phi) is 3.37. The van der Waals surface area contributed by atoms with Crippen LogP contribution >= 0.6 is 38.9 Å². The van der Waals surface area contributed by atoms with E-state index < -0.39 is 0 Å². The van der Waals surface area contributed by atoms with Crippen LogP contribution in [0.5, 0.6) is 0 Å². The maximum atomic E-state index is 5.85. The van der Waals surface area contributed by atoms with E-state index in [0.717, 1.165) is 26.1 Å². The molecule has 0 aliphatic heterocycles. The van der Waals surface area contributed by atoms with Gasteiger partial charge in [-0.1, -0.05) is 34.1 Å². The van der Waals surface area contributed by atoms with Crippen LogP contribution in [0.1, 0.15) is 5.56 Å². The molecule has 0 amide bonds. The van der Waals surface area contributed by atoms with E-state index in [1.807, 2.05) is 24.3 Å². The fourth-order valence-corrected chi connectivity index (χ4v) is 3.23. The third-order valence-corrected chi connectivity index (χ3v) is 4.60. The van der Waals surface area contributed by atoms with E-state index >= 15 is 0 Å². The van der Waals surface area contributed by atoms with Gasteiger partial charge in [-0.2, -0.15) is 0 Å². The second-order valence-corrected chi connectivity index (χ2v) is 6.18. The quantitative estimate of drug-likeness (QED) is 0.565. The van der Waals surface area contributed by atoms with Crippen molar-refractivity contribution in [2.75, 3.05) is 0 Å². The van der Waals surface area contributed by atoms with Crippen molar-refractivity contribution in [1.82, 2.24) is 4.98 Å². The molecule has 0 spiro atoms. The number of halogens is 2. The maximum absolute atomic E-state index is 5.85. The van der Waals surface area contributed by atoms with Gasteiger partial charge in [0.2, 0.25) is 0 Å². The molecule has 0 N–H and O–H groups in total. The van der Waals surface area contributed by atoms with Crippen LogP contribution < -0.4 is 0 Å². The average molecular weight is 339 g/mol. The summed E-state index contributed by atoms with van der Waals surface area (Å²) in [6.45, 7) is 0. The Morgan fingerprint density at radius 2 is 1.89 bits per heavy atom. The van der Waals surface area contributed by atoms with E-state index in [0.29, 0.717) is 5.88 Å². The second-order valence-electron chi connectivity index (χ2n) is 3.96. The van der Waals surface area contributed by atoms with E-state index in [1.54, 1.807) is 11.3 Å². The number of rotatable bonds is 2. The van der Waals surface area contributed by atoms with E-state index in [4.69, 9.17) is 11.6 Å². The van der Waals surface area contributed by atoms with Gasteiger partial charge in [-0.3, -0.25) is 0 Å². The van der Waals surface area contributed by atoms with Crippen molar-refractivity contribution in [2.45, 2.75) is 5.88 Å². The lowest BCUT2D eigenvalue weighted by atomic mass is 10.2. The fraction of sp³-hybridized carbons (Fsp3) is 0.0714. The molecule has 1 heterocycles. The molecule has 3 rings (SSSR count). The maximum Gasteiger partial charge on any atom is 0.124 e. The Morgan fingerprint density at radius 1 is 1.11 bits per heavy atom. The highest BCUT2D eigenvalue weighted by molar-refractivity contribution is 9.10. The lowest BCUT2D eigenvalue weighted by molar-refractivity contribution is 1.41. The third-order valence-electron chi connectivity index (χ3n) is 2.70. The Labute approximate surface area is 123 Å². The van der Waals surface area contributed by atoms with E-state index in [9.17, 15) is 0 Å². The molecule has 1 nitrogen and oxygen atoms in total. The fourth-order valence-electron chi connectivity index (χ4n) is 1.77. The van der Waals surface area contributed by atoms with Gasteiger partial charge in [0.05, 0.1) is 10.2 Å². The molecular formula is C14H9BrClNS. The van der Waals surface area contributed by atoms with Gasteiger partial charge in [-0.05, 0) is 29.8 Å². The highest BCUT2D eigenvalue weighted by atomic mass is 79.9. The summed E-state index contributed by atoms with van der Waals surface area (Å²) in [4.78, 5) is 4.65. The van der Waals surface area contributed by atoms with Crippen LogP contribution in [0, 0.1) is 0 Å². The van der Waals surface area contributed by atoms with Crippen molar-refractivity contribution in [3.8, 4) is 10.6 Å². The first kappa shape index (κ1) is 12.2. The van der Waals surface area contributed by atoms with Crippen LogP contribution in [0.2, 0.25) is 0 Å². The molecule has 0 atom stereocenters. The number of hydrogen-bond donors (Lipinski definition) is 0. The zero-order valence-corrected chi connectivity index (χ0v) is 12.5. The van der Waals surface area contributed by atoms with Crippen molar-refractivity contribution in [2.24, 2.45) is 0 Å². The summed E-state index contributed by atoms with van der Waals surface area (Å²) in [5.41, 5.74) is 3.31. The highest BCUT2D eigenvalue weighted by Gasteiger charge is 2.06. The topological polar surface area (TPSA) is 12.9 Å². The first-order valence-electron chi connectivity index (χ1n) is 5.47. The molecule has 3 aromatic rings. The second kappa shape index (κ2) is 5.00. The molecule has 0 saturated heterocycles. The molecule has 0 saturated carbocycles. The van der Waals surface area contributed by atoms with Crippen LogP contribution in [0.15, 0.2) is 46.9 Å². The Balaban J connectivity index is 2.10. The summed E-state index contributed by atoms with van der Waals surface area (Å²) in [6.07, 6.45) is 0. The molecule has 0 bridgehead atoms. The standard InChI is InChI=1S/C14H9BrClNS/c15-11-4-2-10(3-5-11)14-17-12-6-1-9(8-16)7-13(12)18-14/h1-7H,8H2. The zero-order valence-electron chi connectivity index (χ0n) is 9.36. The number of fused-ring (bicyclic) bond motifs is 1. The van der Waals surface area contributed by atoms with Crippen molar-refractivity contribution in [1.29, 1.82) is 0 Å². The number of nitrogens with zero attached hydrogens (tertiary/aromatic N) is 1. The number of aromatic nitrogens is 1. The molecule has 0 radical (unpaired) electrons. The predicted molar refractivity (Wildman–Crippen MR) is 82.3 cm³/mol. The number of benzene rings is 2. The van der Waals surface area contributed by atoms with Crippen LogP contribution in [-0.4, -0.2) is 4.98 Å².